The predicted molar refractivity (Wildman–Crippen MR) is 165 cm³/mol. The number of carbonyl (C=O) groups excluding carboxylic acids is 4. The van der Waals surface area contributed by atoms with Crippen molar-refractivity contribution < 1.29 is 23.9 Å². The van der Waals surface area contributed by atoms with E-state index in [1.807, 2.05) is 0 Å². The zero-order valence-corrected chi connectivity index (χ0v) is 25.7. The molecule has 4 amide bonds. The number of halogens is 1. The third-order valence-corrected chi connectivity index (χ3v) is 6.69. The highest BCUT2D eigenvalue weighted by Crippen LogP contribution is 2.31. The van der Waals surface area contributed by atoms with Gasteiger partial charge in [-0.1, -0.05) is 74.0 Å². The van der Waals surface area contributed by atoms with Crippen LogP contribution in [-0.2, 0) is 19.1 Å². The van der Waals surface area contributed by atoms with Gasteiger partial charge in [-0.2, -0.15) is 0 Å². The maximum atomic E-state index is 14.2. The smallest absolute Gasteiger partial charge is 0.408 e. The van der Waals surface area contributed by atoms with Crippen molar-refractivity contribution in [3.63, 3.8) is 0 Å². The number of benzene rings is 2. The van der Waals surface area contributed by atoms with E-state index in [1.165, 1.54) is 4.90 Å². The van der Waals surface area contributed by atoms with E-state index in [2.05, 4.69) is 23.5 Å². The number of primary amides is 1. The number of rotatable bonds is 13. The summed E-state index contributed by atoms with van der Waals surface area (Å²) in [6, 6.07) is 9.40. The fourth-order valence-electron chi connectivity index (χ4n) is 4.43. The Labute approximate surface area is 253 Å². The second kappa shape index (κ2) is 15.8. The lowest BCUT2D eigenvalue weighted by Crippen LogP contribution is -2.53. The third-order valence-electron chi connectivity index (χ3n) is 6.37. The minimum Gasteiger partial charge on any atom is -0.444 e. The molecule has 0 heterocycles. The van der Waals surface area contributed by atoms with Crippen molar-refractivity contribution in [3.05, 3.63) is 64.2 Å². The normalized spacial score (nSPS) is 12.4. The number of anilines is 1. The molecule has 0 spiro atoms. The van der Waals surface area contributed by atoms with Gasteiger partial charge in [0.2, 0.25) is 11.8 Å². The summed E-state index contributed by atoms with van der Waals surface area (Å²) in [5, 5.41) is 5.69. The largest absolute Gasteiger partial charge is 0.444 e. The molecule has 9 nitrogen and oxygen atoms in total. The van der Waals surface area contributed by atoms with Crippen LogP contribution in [0, 0.1) is 19.3 Å². The second-order valence-corrected chi connectivity index (χ2v) is 11.4. The number of nitrogens with one attached hydrogen (secondary N) is 2. The van der Waals surface area contributed by atoms with Gasteiger partial charge in [-0.3, -0.25) is 14.4 Å². The average molecular weight is 597 g/mol. The van der Waals surface area contributed by atoms with Crippen LogP contribution in [0.25, 0.3) is 0 Å². The highest BCUT2D eigenvalue weighted by molar-refractivity contribution is 6.34. The van der Waals surface area contributed by atoms with Crippen LogP contribution in [0.4, 0.5) is 10.5 Å². The molecule has 10 heteroatoms. The number of hydrogen-bond acceptors (Lipinski definition) is 5. The van der Waals surface area contributed by atoms with Crippen LogP contribution in [0.15, 0.2) is 42.5 Å². The number of unbranched alkanes of at least 4 members (excludes halogenated alkanes) is 3. The van der Waals surface area contributed by atoms with Crippen LogP contribution in [0.1, 0.15) is 82.5 Å². The van der Waals surface area contributed by atoms with Crippen molar-refractivity contribution in [2.24, 2.45) is 5.73 Å². The quantitative estimate of drug-likeness (QED) is 0.208. The molecule has 0 bridgehead atoms. The van der Waals surface area contributed by atoms with E-state index < -0.39 is 47.9 Å². The summed E-state index contributed by atoms with van der Waals surface area (Å²) in [5.74, 6) is 0.543. The van der Waals surface area contributed by atoms with Gasteiger partial charge in [0.05, 0.1) is 17.1 Å². The third kappa shape index (κ3) is 10.1. The SMILES string of the molecule is C#Cc1ccccc1C(C(=O)Nc1c(C)cccc1Cl)N(CCCCCC)C(=O)C(CC(N)=O)NC(=O)OC(C)(C)C. The van der Waals surface area contributed by atoms with E-state index in [1.54, 1.807) is 70.2 Å². The molecule has 0 fully saturated rings. The molecule has 2 aromatic carbocycles. The highest BCUT2D eigenvalue weighted by atomic mass is 35.5. The second-order valence-electron chi connectivity index (χ2n) is 11.0. The van der Waals surface area contributed by atoms with Crippen molar-refractivity contribution >= 4 is 41.1 Å². The summed E-state index contributed by atoms with van der Waals surface area (Å²) < 4.78 is 5.33. The number of ether oxygens (including phenoxy) is 1. The van der Waals surface area contributed by atoms with E-state index in [0.29, 0.717) is 28.3 Å². The van der Waals surface area contributed by atoms with Crippen LogP contribution in [0.2, 0.25) is 5.02 Å². The van der Waals surface area contributed by atoms with E-state index in [-0.39, 0.29) is 6.54 Å². The summed E-state index contributed by atoms with van der Waals surface area (Å²) in [4.78, 5) is 54.4. The molecular formula is C32H41ClN4O5. The number of para-hydroxylation sites is 1. The predicted octanol–water partition coefficient (Wildman–Crippen LogP) is 5.49. The lowest BCUT2D eigenvalue weighted by Gasteiger charge is -2.35. The van der Waals surface area contributed by atoms with Crippen LogP contribution in [-0.4, -0.2) is 46.9 Å². The summed E-state index contributed by atoms with van der Waals surface area (Å²) in [6.45, 7) is 9.01. The number of carbonyl (C=O) groups is 4. The lowest BCUT2D eigenvalue weighted by atomic mass is 9.96. The number of amides is 4. The molecule has 0 saturated heterocycles. The van der Waals surface area contributed by atoms with Gasteiger partial charge in [-0.15, -0.1) is 6.42 Å². The van der Waals surface area contributed by atoms with Gasteiger partial charge in [0.15, 0.2) is 0 Å². The number of hydrogen-bond donors (Lipinski definition) is 3. The Bertz CT molecular complexity index is 1290. The van der Waals surface area contributed by atoms with Crippen LogP contribution in [0.3, 0.4) is 0 Å². The Hall–Kier alpha value is -4.03. The fourth-order valence-corrected chi connectivity index (χ4v) is 4.70. The highest BCUT2D eigenvalue weighted by Gasteiger charge is 2.38. The number of aryl methyl sites for hydroxylation is 1. The Morgan fingerprint density at radius 2 is 1.76 bits per heavy atom. The molecule has 4 N–H and O–H groups in total. The van der Waals surface area contributed by atoms with Crippen molar-refractivity contribution in [2.75, 3.05) is 11.9 Å². The zero-order chi connectivity index (χ0) is 31.4. The van der Waals surface area contributed by atoms with Crippen molar-refractivity contribution in [1.29, 1.82) is 0 Å². The first-order valence-corrected chi connectivity index (χ1v) is 14.4. The molecule has 0 saturated carbocycles. The molecule has 2 rings (SSSR count). The first-order valence-electron chi connectivity index (χ1n) is 14.0. The zero-order valence-electron chi connectivity index (χ0n) is 25.0. The minimum absolute atomic E-state index is 0.141. The number of nitrogens with zero attached hydrogens (tertiary/aromatic N) is 1. The standard InChI is InChI=1S/C32H41ClN4O5/c1-7-9-10-13-19-37(30(40)25(20-26(34)38)35-31(41)42-32(4,5)6)28(23-17-12-11-16-22(23)8-2)29(39)36-27-21(3)15-14-18-24(27)33/h2,11-12,14-18,25,28H,7,9-10,13,19-20H2,1,3-6H3,(H2,34,38)(H,35,41)(H,36,39). The van der Waals surface area contributed by atoms with Gasteiger partial charge < -0.3 is 26.0 Å². The minimum atomic E-state index is -1.39. The maximum absolute atomic E-state index is 14.2. The fraction of sp³-hybridized carbons (Fsp3) is 0.438. The van der Waals surface area contributed by atoms with Crippen molar-refractivity contribution in [3.8, 4) is 12.3 Å². The van der Waals surface area contributed by atoms with Gasteiger partial charge >= 0.3 is 6.09 Å². The van der Waals surface area contributed by atoms with Gasteiger partial charge in [-0.05, 0) is 57.4 Å². The number of nitrogens with two attached hydrogens (primary N) is 1. The molecular weight excluding hydrogens is 556 g/mol. The molecule has 42 heavy (non-hydrogen) atoms. The summed E-state index contributed by atoms with van der Waals surface area (Å²) in [7, 11) is 0. The van der Waals surface area contributed by atoms with Crippen LogP contribution in [0.5, 0.6) is 0 Å². The monoisotopic (exact) mass is 596 g/mol. The van der Waals surface area contributed by atoms with Gasteiger partial charge in [0, 0.05) is 12.1 Å². The maximum Gasteiger partial charge on any atom is 0.408 e. The number of terminal acetylenes is 1. The summed E-state index contributed by atoms with van der Waals surface area (Å²) >= 11 is 6.42. The van der Waals surface area contributed by atoms with E-state index in [0.717, 1.165) is 24.8 Å². The molecule has 226 valence electrons. The Morgan fingerprint density at radius 1 is 1.07 bits per heavy atom. The van der Waals surface area contributed by atoms with Gasteiger partial charge in [0.25, 0.3) is 5.91 Å². The first kappa shape index (κ1) is 34.2. The lowest BCUT2D eigenvalue weighted by molar-refractivity contribution is -0.142. The Balaban J connectivity index is 2.65. The van der Waals surface area contributed by atoms with Crippen LogP contribution < -0.4 is 16.4 Å². The topological polar surface area (TPSA) is 131 Å². The molecule has 2 atom stereocenters. The summed E-state index contributed by atoms with van der Waals surface area (Å²) in [6.07, 6.45) is 7.63. The van der Waals surface area contributed by atoms with E-state index >= 15 is 0 Å². The van der Waals surface area contributed by atoms with Gasteiger partial charge in [0.1, 0.15) is 17.7 Å². The molecule has 2 aromatic rings. The molecule has 2 unspecified atom stereocenters. The van der Waals surface area contributed by atoms with E-state index in [9.17, 15) is 19.2 Å². The first-order chi connectivity index (χ1) is 19.8. The molecule has 0 aliphatic rings. The van der Waals surface area contributed by atoms with Gasteiger partial charge in [-0.25, -0.2) is 4.79 Å². The average Bonchev–Trinajstić information content (AvgIpc) is 2.90. The molecule has 0 aliphatic carbocycles. The van der Waals surface area contributed by atoms with Crippen molar-refractivity contribution in [2.45, 2.75) is 84.4 Å². The van der Waals surface area contributed by atoms with E-state index in [4.69, 9.17) is 28.5 Å². The summed E-state index contributed by atoms with van der Waals surface area (Å²) in [5.41, 5.74) is 6.55. The Kier molecular flexibility index (Phi) is 12.9. The number of alkyl carbamates (subject to hydrolysis) is 1. The Morgan fingerprint density at radius 3 is 2.36 bits per heavy atom. The molecule has 0 aliphatic heterocycles. The van der Waals surface area contributed by atoms with Crippen LogP contribution >= 0.6 is 11.6 Å². The molecule has 0 aromatic heterocycles. The molecule has 0 radical (unpaired) electrons. The van der Waals surface area contributed by atoms with Crippen molar-refractivity contribution in [1.82, 2.24) is 10.2 Å².